The molecule has 1 aliphatic heterocycles. The normalized spacial score (nSPS) is 13.6. The van der Waals surface area contributed by atoms with Crippen LogP contribution in [0.15, 0.2) is 315 Å². The van der Waals surface area contributed by atoms with Crippen LogP contribution < -0.4 is 9.80 Å². The lowest BCUT2D eigenvalue weighted by Gasteiger charge is -2.47. The second kappa shape index (κ2) is 23.7. The molecule has 0 saturated carbocycles. The molecule has 16 rings (SSSR count). The Bertz CT molecular complexity index is 4950. The van der Waals surface area contributed by atoms with E-state index in [1.54, 1.807) is 0 Å². The molecule has 0 N–H and O–H groups in total. The van der Waals surface area contributed by atoms with Gasteiger partial charge in [0.05, 0.1) is 16.8 Å². The van der Waals surface area contributed by atoms with E-state index in [0.717, 1.165) is 72.8 Å². The molecule has 0 saturated heterocycles. The maximum absolute atomic E-state index is 5.37. The van der Waals surface area contributed by atoms with Gasteiger partial charge in [0.25, 0.3) is 0 Å². The fourth-order valence-corrected chi connectivity index (χ4v) is 14.5. The molecule has 2 aromatic heterocycles. The molecule has 0 atom stereocenters. The molecule has 2 aliphatic rings. The highest BCUT2D eigenvalue weighted by Crippen LogP contribution is 2.65. The van der Waals surface area contributed by atoms with Gasteiger partial charge in [-0.05, 0) is 91.7 Å². The van der Waals surface area contributed by atoms with E-state index in [2.05, 4.69) is 294 Å². The first-order valence-electron chi connectivity index (χ1n) is 33.0. The van der Waals surface area contributed by atoms with Crippen LogP contribution in [0.1, 0.15) is 86.1 Å². The lowest BCUT2D eigenvalue weighted by atomic mass is 9.67. The highest BCUT2D eigenvalue weighted by molar-refractivity contribution is 6.00. The van der Waals surface area contributed by atoms with Gasteiger partial charge in [0, 0.05) is 55.9 Å². The van der Waals surface area contributed by atoms with Crippen LogP contribution in [-0.4, -0.2) is 29.9 Å². The molecular formula is C88H70N8. The van der Waals surface area contributed by atoms with Gasteiger partial charge in [0.1, 0.15) is 0 Å². The Morgan fingerprint density at radius 1 is 0.250 bits per heavy atom. The monoisotopic (exact) mass is 1240 g/mol. The van der Waals surface area contributed by atoms with Crippen molar-refractivity contribution in [2.75, 3.05) is 9.80 Å². The fraction of sp³-hybridized carbons (Fsp3) is 0.114. The van der Waals surface area contributed by atoms with Gasteiger partial charge in [-0.1, -0.05) is 321 Å². The summed E-state index contributed by atoms with van der Waals surface area (Å²) in [5.41, 5.74) is 18.6. The van der Waals surface area contributed by atoms with Crippen molar-refractivity contribution in [3.8, 4) is 79.5 Å². The second-order valence-electron chi connectivity index (χ2n) is 27.1. The Hall–Kier alpha value is -11.7. The predicted molar refractivity (Wildman–Crippen MR) is 391 cm³/mol. The summed E-state index contributed by atoms with van der Waals surface area (Å²) in [6.45, 7) is 13.7. The standard InChI is InChI=1S/C88H70N8/c1-85(2,3)65-47-51-69(52-48-65)88(70-53-49-66(50-54-70)86(4,5)6)95(71-43-27-37-63(55-71)83-91-79(59-29-13-7-14-30-59)89-80(92-83)60-31-15-8-16-32-60)77-57-74-73-45-25-26-46-75(73)87(67-39-21-11-22-40-67,68-41-23-12-24-42-68)76(74)58-78(77)96(88)72-44-28-38-64(56-72)84-93-81(61-33-17-9-18-34-61)90-82(94-84)62-35-19-10-20-36-62/h7-58H,1-6H3. The van der Waals surface area contributed by atoms with Crippen LogP contribution in [0, 0.1) is 0 Å². The SMILES string of the molecule is CC(C)(C)c1ccc(C2(c3ccc(C(C)(C)C)cc3)N(c3cccc(-c4nc(-c5ccccc5)nc(-c5ccccc5)n4)c3)c3cc4c(cc3N2c2cccc(-c3nc(-c5ccccc5)nc(-c5ccccc5)n3)c2)C(c2ccccc2)(c2ccccc2)c2ccccc2-4)cc1. The highest BCUT2D eigenvalue weighted by Gasteiger charge is 2.56. The van der Waals surface area contributed by atoms with Crippen LogP contribution >= 0.6 is 0 Å². The minimum Gasteiger partial charge on any atom is -0.308 e. The van der Waals surface area contributed by atoms with Crippen molar-refractivity contribution < 1.29 is 0 Å². The molecule has 12 aromatic carbocycles. The minimum atomic E-state index is -1.18. The van der Waals surface area contributed by atoms with E-state index in [1.807, 2.05) is 72.8 Å². The summed E-state index contributed by atoms with van der Waals surface area (Å²) >= 11 is 0. The molecule has 0 amide bonds. The third-order valence-electron chi connectivity index (χ3n) is 19.1. The molecular weight excluding hydrogens is 1170 g/mol. The Balaban J connectivity index is 1.04. The van der Waals surface area contributed by atoms with Crippen LogP contribution in [0.2, 0.25) is 0 Å². The summed E-state index contributed by atoms with van der Waals surface area (Å²) in [7, 11) is 0. The van der Waals surface area contributed by atoms with Gasteiger partial charge in [-0.15, -0.1) is 0 Å². The van der Waals surface area contributed by atoms with Gasteiger partial charge in [-0.3, -0.25) is 0 Å². The summed E-state index contributed by atoms with van der Waals surface area (Å²) in [4.78, 5) is 37.0. The van der Waals surface area contributed by atoms with Crippen LogP contribution in [0.25, 0.3) is 79.5 Å². The Kier molecular flexibility index (Phi) is 14.6. The van der Waals surface area contributed by atoms with Gasteiger partial charge in [-0.25, -0.2) is 29.9 Å². The number of hydrogen-bond donors (Lipinski definition) is 0. The van der Waals surface area contributed by atoms with E-state index in [1.165, 1.54) is 38.9 Å². The lowest BCUT2D eigenvalue weighted by molar-refractivity contribution is 0.552. The number of anilines is 4. The number of hydrogen-bond acceptors (Lipinski definition) is 8. The smallest absolute Gasteiger partial charge is 0.175 e. The van der Waals surface area contributed by atoms with Crippen LogP contribution in [0.4, 0.5) is 22.7 Å². The first kappa shape index (κ1) is 59.3. The molecule has 8 heteroatoms. The first-order valence-corrected chi connectivity index (χ1v) is 33.0. The topological polar surface area (TPSA) is 83.8 Å². The molecule has 0 bridgehead atoms. The van der Waals surface area contributed by atoms with E-state index >= 15 is 0 Å². The molecule has 0 spiro atoms. The Morgan fingerprint density at radius 2 is 0.562 bits per heavy atom. The van der Waals surface area contributed by atoms with Crippen molar-refractivity contribution in [3.05, 3.63) is 360 Å². The van der Waals surface area contributed by atoms with E-state index in [0.29, 0.717) is 34.9 Å². The van der Waals surface area contributed by atoms with E-state index in [9.17, 15) is 0 Å². The number of fused-ring (bicyclic) bond motifs is 4. The maximum atomic E-state index is 5.37. The van der Waals surface area contributed by atoms with Crippen molar-refractivity contribution in [2.45, 2.75) is 63.5 Å². The number of aromatic nitrogens is 6. The minimum absolute atomic E-state index is 0.142. The van der Waals surface area contributed by atoms with Crippen molar-refractivity contribution >= 4 is 22.7 Å². The van der Waals surface area contributed by atoms with Gasteiger partial charge >= 0.3 is 0 Å². The molecule has 0 unspecified atom stereocenters. The number of benzene rings is 12. The largest absolute Gasteiger partial charge is 0.308 e. The molecule has 8 nitrogen and oxygen atoms in total. The van der Waals surface area contributed by atoms with Gasteiger partial charge < -0.3 is 9.80 Å². The van der Waals surface area contributed by atoms with Gasteiger partial charge in [0.2, 0.25) is 0 Å². The predicted octanol–water partition coefficient (Wildman–Crippen LogP) is 21.2. The second-order valence-corrected chi connectivity index (χ2v) is 27.1. The average Bonchev–Trinajstić information content (AvgIpc) is 1.50. The van der Waals surface area contributed by atoms with Gasteiger partial charge in [-0.2, -0.15) is 0 Å². The number of nitrogens with zero attached hydrogens (tertiary/aromatic N) is 8. The van der Waals surface area contributed by atoms with Crippen molar-refractivity contribution in [1.82, 2.24) is 29.9 Å². The van der Waals surface area contributed by atoms with Crippen molar-refractivity contribution in [1.29, 1.82) is 0 Å². The fourth-order valence-electron chi connectivity index (χ4n) is 14.5. The Labute approximate surface area is 562 Å². The highest BCUT2D eigenvalue weighted by atomic mass is 15.5. The zero-order valence-corrected chi connectivity index (χ0v) is 54.6. The molecule has 1 aliphatic carbocycles. The quantitative estimate of drug-likeness (QED) is 0.120. The number of rotatable bonds is 12. The van der Waals surface area contributed by atoms with Crippen LogP contribution in [0.5, 0.6) is 0 Å². The van der Waals surface area contributed by atoms with E-state index < -0.39 is 11.1 Å². The zero-order valence-electron chi connectivity index (χ0n) is 54.6. The molecule has 462 valence electrons. The van der Waals surface area contributed by atoms with Crippen molar-refractivity contribution in [2.24, 2.45) is 0 Å². The summed E-state index contributed by atoms with van der Waals surface area (Å²) < 4.78 is 0. The molecule has 0 radical (unpaired) electrons. The van der Waals surface area contributed by atoms with Crippen molar-refractivity contribution in [3.63, 3.8) is 0 Å². The molecule has 96 heavy (non-hydrogen) atoms. The summed E-state index contributed by atoms with van der Waals surface area (Å²) in [5.74, 6) is 3.48. The molecule has 3 heterocycles. The van der Waals surface area contributed by atoms with Crippen LogP contribution in [0.3, 0.4) is 0 Å². The van der Waals surface area contributed by atoms with Crippen LogP contribution in [-0.2, 0) is 21.9 Å². The van der Waals surface area contributed by atoms with E-state index in [4.69, 9.17) is 29.9 Å². The first-order chi connectivity index (χ1) is 46.8. The zero-order chi connectivity index (χ0) is 65.2. The molecule has 0 fully saturated rings. The third kappa shape index (κ3) is 10.2. The maximum Gasteiger partial charge on any atom is 0.175 e. The molecule has 14 aromatic rings. The third-order valence-corrected chi connectivity index (χ3v) is 19.1. The summed E-state index contributed by atoms with van der Waals surface area (Å²) in [5, 5.41) is 0. The summed E-state index contributed by atoms with van der Waals surface area (Å²) in [6, 6.07) is 114. The summed E-state index contributed by atoms with van der Waals surface area (Å²) in [6.07, 6.45) is 0. The average molecular weight is 1240 g/mol. The lowest BCUT2D eigenvalue weighted by Crippen LogP contribution is -2.51. The Morgan fingerprint density at radius 3 is 0.927 bits per heavy atom. The van der Waals surface area contributed by atoms with Gasteiger partial charge in [0.15, 0.2) is 40.6 Å². The van der Waals surface area contributed by atoms with E-state index in [-0.39, 0.29) is 10.8 Å².